The van der Waals surface area contributed by atoms with E-state index in [-0.39, 0.29) is 12.3 Å². The van der Waals surface area contributed by atoms with Crippen molar-refractivity contribution in [2.75, 3.05) is 13.2 Å². The third kappa shape index (κ3) is 5.69. The van der Waals surface area contributed by atoms with E-state index in [9.17, 15) is 8.78 Å². The number of aliphatic hydroxyl groups is 1. The maximum atomic E-state index is 13.4. The Hall–Kier alpha value is -1.85. The third-order valence-electron chi connectivity index (χ3n) is 3.51. The van der Waals surface area contributed by atoms with Crippen molar-refractivity contribution in [1.29, 1.82) is 0 Å². The van der Waals surface area contributed by atoms with Crippen LogP contribution < -0.4 is 0 Å². The number of hydrogen-bond donors (Lipinski definition) is 1. The summed E-state index contributed by atoms with van der Waals surface area (Å²) in [6.45, 7) is 1.21. The van der Waals surface area contributed by atoms with E-state index in [0.717, 1.165) is 37.3 Å². The smallest absolute Gasteiger partial charge is 0.216 e. The molecule has 1 heterocycles. The first-order chi connectivity index (χ1) is 11.2. The van der Waals surface area contributed by atoms with Gasteiger partial charge in [0.25, 0.3) is 0 Å². The third-order valence-corrected chi connectivity index (χ3v) is 3.51. The lowest BCUT2D eigenvalue weighted by atomic mass is 10.0. The van der Waals surface area contributed by atoms with E-state index in [1.165, 1.54) is 6.07 Å². The second-order valence-corrected chi connectivity index (χ2v) is 5.34. The second-order valence-electron chi connectivity index (χ2n) is 5.34. The van der Waals surface area contributed by atoms with E-state index >= 15 is 0 Å². The van der Waals surface area contributed by atoms with Crippen LogP contribution >= 0.6 is 0 Å². The summed E-state index contributed by atoms with van der Waals surface area (Å²) in [6, 6.07) is 9.29. The zero-order chi connectivity index (χ0) is 16.5. The van der Waals surface area contributed by atoms with Crippen molar-refractivity contribution in [3.8, 4) is 11.3 Å². The highest BCUT2D eigenvalue weighted by atomic mass is 19.1. The van der Waals surface area contributed by atoms with E-state index in [4.69, 9.17) is 9.84 Å². The molecule has 0 radical (unpaired) electrons. The monoisotopic (exact) mass is 321 g/mol. The molecule has 0 spiro atoms. The summed E-state index contributed by atoms with van der Waals surface area (Å²) < 4.78 is 32.3. The molecule has 1 aromatic carbocycles. The topological polar surface area (TPSA) is 42.4 Å². The van der Waals surface area contributed by atoms with Gasteiger partial charge < -0.3 is 9.84 Å². The fraction of sp³-hybridized carbons (Fsp3) is 0.389. The predicted octanol–water partition coefficient (Wildman–Crippen LogP) is 4.10. The van der Waals surface area contributed by atoms with Crippen molar-refractivity contribution in [2.45, 2.75) is 32.3 Å². The quantitative estimate of drug-likeness (QED) is 0.558. The lowest BCUT2D eigenvalue weighted by Crippen LogP contribution is -1.99. The van der Waals surface area contributed by atoms with Crippen molar-refractivity contribution >= 4 is 0 Å². The number of rotatable bonds is 9. The number of unbranched alkanes of at least 4 members (excludes halogenated alkanes) is 3. The minimum atomic E-state index is -0.834. The van der Waals surface area contributed by atoms with Gasteiger partial charge in [0.05, 0.1) is 12.3 Å². The number of aliphatic hydroxyl groups excluding tert-OH is 1. The van der Waals surface area contributed by atoms with Crippen LogP contribution in [0, 0.1) is 11.8 Å². The van der Waals surface area contributed by atoms with Crippen molar-refractivity contribution in [1.82, 2.24) is 4.98 Å². The summed E-state index contributed by atoms with van der Waals surface area (Å²) in [4.78, 5) is 3.76. The Morgan fingerprint density at radius 1 is 1.00 bits per heavy atom. The molecule has 0 unspecified atom stereocenters. The maximum absolute atomic E-state index is 13.4. The molecule has 124 valence electrons. The van der Waals surface area contributed by atoms with Gasteiger partial charge in [-0.05, 0) is 18.4 Å². The number of ether oxygens (including phenoxy) is 1. The molecule has 5 heteroatoms. The Labute approximate surface area is 135 Å². The van der Waals surface area contributed by atoms with Crippen LogP contribution in [0.3, 0.4) is 0 Å². The number of benzene rings is 1. The van der Waals surface area contributed by atoms with Gasteiger partial charge >= 0.3 is 0 Å². The lowest BCUT2D eigenvalue weighted by Gasteiger charge is -2.10. The number of aromatic nitrogens is 1. The van der Waals surface area contributed by atoms with E-state index in [1.54, 1.807) is 12.1 Å². The summed E-state index contributed by atoms with van der Waals surface area (Å²) in [5.74, 6) is -1.48. The molecule has 23 heavy (non-hydrogen) atoms. The van der Waals surface area contributed by atoms with Gasteiger partial charge in [0, 0.05) is 30.9 Å². The molecule has 1 aromatic heterocycles. The van der Waals surface area contributed by atoms with E-state index in [2.05, 4.69) is 4.98 Å². The first-order valence-electron chi connectivity index (χ1n) is 7.80. The summed E-state index contributed by atoms with van der Waals surface area (Å²) >= 11 is 0. The van der Waals surface area contributed by atoms with Gasteiger partial charge in [-0.25, -0.2) is 9.37 Å². The molecule has 0 amide bonds. The first-order valence-corrected chi connectivity index (χ1v) is 7.80. The maximum Gasteiger partial charge on any atom is 0.216 e. The largest absolute Gasteiger partial charge is 0.396 e. The molecule has 0 fully saturated rings. The zero-order valence-electron chi connectivity index (χ0n) is 13.0. The fourth-order valence-corrected chi connectivity index (χ4v) is 2.35. The van der Waals surface area contributed by atoms with Crippen LogP contribution in [-0.2, 0) is 11.3 Å². The standard InChI is InChI=1S/C18H21F2NO2/c19-15-11-17(21-18(20)12-15)16-8-4-3-7-14(16)13-23-10-6-2-1-5-9-22/h3-4,7-8,11-12,22H,1-2,5-6,9-10,13H2. The molecule has 3 nitrogen and oxygen atoms in total. The molecule has 2 rings (SSSR count). The summed E-state index contributed by atoms with van der Waals surface area (Å²) in [7, 11) is 0. The van der Waals surface area contributed by atoms with Crippen molar-refractivity contribution in [3.05, 3.63) is 53.7 Å². The van der Waals surface area contributed by atoms with Crippen LogP contribution in [-0.4, -0.2) is 23.3 Å². The van der Waals surface area contributed by atoms with Crippen LogP contribution in [0.4, 0.5) is 8.78 Å². The average Bonchev–Trinajstić information content (AvgIpc) is 2.53. The van der Waals surface area contributed by atoms with Gasteiger partial charge in [-0.3, -0.25) is 0 Å². The Bertz CT molecular complexity index is 599. The second kappa shape index (κ2) is 9.33. The van der Waals surface area contributed by atoms with Crippen molar-refractivity contribution in [2.24, 2.45) is 0 Å². The van der Waals surface area contributed by atoms with Gasteiger partial charge in [-0.15, -0.1) is 0 Å². The summed E-state index contributed by atoms with van der Waals surface area (Å²) in [5, 5.41) is 8.70. The van der Waals surface area contributed by atoms with Gasteiger partial charge in [-0.1, -0.05) is 37.1 Å². The lowest BCUT2D eigenvalue weighted by molar-refractivity contribution is 0.116. The Balaban J connectivity index is 1.95. The van der Waals surface area contributed by atoms with Crippen LogP contribution in [0.2, 0.25) is 0 Å². The molecule has 0 atom stereocenters. The van der Waals surface area contributed by atoms with Crippen LogP contribution in [0.1, 0.15) is 31.2 Å². The molecular weight excluding hydrogens is 300 g/mol. The van der Waals surface area contributed by atoms with Crippen molar-refractivity contribution < 1.29 is 18.6 Å². The number of nitrogens with zero attached hydrogens (tertiary/aromatic N) is 1. The molecule has 2 aromatic rings. The molecule has 0 aliphatic rings. The number of pyridine rings is 1. The molecule has 0 aliphatic carbocycles. The highest BCUT2D eigenvalue weighted by Crippen LogP contribution is 2.23. The molecule has 0 bridgehead atoms. The fourth-order valence-electron chi connectivity index (χ4n) is 2.35. The van der Waals surface area contributed by atoms with Gasteiger partial charge in [0.2, 0.25) is 5.95 Å². The molecule has 0 aliphatic heterocycles. The Morgan fingerprint density at radius 3 is 2.57 bits per heavy atom. The average molecular weight is 321 g/mol. The SMILES string of the molecule is OCCCCCCOCc1ccccc1-c1cc(F)cc(F)n1. The normalized spacial score (nSPS) is 10.9. The number of halogens is 2. The van der Waals surface area contributed by atoms with E-state index in [1.807, 2.05) is 12.1 Å². The van der Waals surface area contributed by atoms with Crippen molar-refractivity contribution in [3.63, 3.8) is 0 Å². The Kier molecular flexibility index (Phi) is 7.10. The highest BCUT2D eigenvalue weighted by Gasteiger charge is 2.09. The molecule has 1 N–H and O–H groups in total. The van der Waals surface area contributed by atoms with Crippen LogP contribution in [0.5, 0.6) is 0 Å². The first kappa shape index (κ1) is 17.5. The molecule has 0 saturated heterocycles. The van der Waals surface area contributed by atoms with E-state index in [0.29, 0.717) is 18.8 Å². The summed E-state index contributed by atoms with van der Waals surface area (Å²) in [5.41, 5.74) is 1.79. The predicted molar refractivity (Wildman–Crippen MR) is 84.8 cm³/mol. The van der Waals surface area contributed by atoms with Gasteiger partial charge in [0.15, 0.2) is 0 Å². The molecule has 0 saturated carbocycles. The van der Waals surface area contributed by atoms with Gasteiger partial charge in [0.1, 0.15) is 5.82 Å². The minimum Gasteiger partial charge on any atom is -0.396 e. The minimum absolute atomic E-state index is 0.228. The van der Waals surface area contributed by atoms with E-state index < -0.39 is 11.8 Å². The zero-order valence-corrected chi connectivity index (χ0v) is 13.0. The highest BCUT2D eigenvalue weighted by molar-refractivity contribution is 5.63. The number of hydrogen-bond acceptors (Lipinski definition) is 3. The van der Waals surface area contributed by atoms with Gasteiger partial charge in [-0.2, -0.15) is 4.39 Å². The summed E-state index contributed by atoms with van der Waals surface area (Å²) in [6.07, 6.45) is 3.75. The van der Waals surface area contributed by atoms with Crippen LogP contribution in [0.25, 0.3) is 11.3 Å². The molecular formula is C18H21F2NO2. The Morgan fingerprint density at radius 2 is 1.78 bits per heavy atom. The van der Waals surface area contributed by atoms with Crippen LogP contribution in [0.15, 0.2) is 36.4 Å².